The van der Waals surface area contributed by atoms with E-state index in [1.165, 1.54) is 0 Å². The summed E-state index contributed by atoms with van der Waals surface area (Å²) in [6.45, 7) is 4.60. The number of anilines is 1. The molecule has 1 fully saturated rings. The largest absolute Gasteiger partial charge is 0.495 e. The van der Waals surface area contributed by atoms with E-state index in [1.807, 2.05) is 31.2 Å². The van der Waals surface area contributed by atoms with Crippen molar-refractivity contribution in [1.82, 2.24) is 10.6 Å². The van der Waals surface area contributed by atoms with Crippen molar-refractivity contribution in [2.75, 3.05) is 38.2 Å². The van der Waals surface area contributed by atoms with Gasteiger partial charge in [-0.05, 0) is 18.7 Å². The number of hydrogen-bond donors (Lipinski definition) is 2. The monoisotopic (exact) mass is 305 g/mol. The van der Waals surface area contributed by atoms with Crippen LogP contribution in [0, 0.1) is 5.92 Å². The molecule has 0 saturated carbocycles. The number of rotatable bonds is 7. The summed E-state index contributed by atoms with van der Waals surface area (Å²) in [6, 6.07) is 7.36. The second-order valence-corrected chi connectivity index (χ2v) is 5.22. The van der Waals surface area contributed by atoms with Crippen LogP contribution >= 0.6 is 0 Å². The van der Waals surface area contributed by atoms with Crippen LogP contribution in [0.2, 0.25) is 0 Å². The van der Waals surface area contributed by atoms with E-state index in [0.29, 0.717) is 18.8 Å². The smallest absolute Gasteiger partial charge is 0.227 e. The van der Waals surface area contributed by atoms with Crippen molar-refractivity contribution in [2.45, 2.75) is 13.3 Å². The number of hydrogen-bond acceptors (Lipinski definition) is 4. The minimum Gasteiger partial charge on any atom is -0.495 e. The number of carbonyl (C=O) groups is 2. The van der Waals surface area contributed by atoms with Crippen LogP contribution in [0.3, 0.4) is 0 Å². The SMILES string of the molecule is CCNCCNC(=O)C1CC(=O)N(c2ccccc2OC)C1. The third kappa shape index (κ3) is 3.76. The zero-order valence-electron chi connectivity index (χ0n) is 13.1. The molecule has 0 spiro atoms. The number of amides is 2. The maximum absolute atomic E-state index is 12.2. The molecular weight excluding hydrogens is 282 g/mol. The van der Waals surface area contributed by atoms with Crippen LogP contribution in [-0.2, 0) is 9.59 Å². The summed E-state index contributed by atoms with van der Waals surface area (Å²) in [7, 11) is 1.57. The summed E-state index contributed by atoms with van der Waals surface area (Å²) in [6.07, 6.45) is 0.241. The van der Waals surface area contributed by atoms with E-state index in [1.54, 1.807) is 12.0 Å². The molecule has 0 aliphatic carbocycles. The lowest BCUT2D eigenvalue weighted by Crippen LogP contribution is -2.37. The van der Waals surface area contributed by atoms with Gasteiger partial charge in [-0.1, -0.05) is 19.1 Å². The Morgan fingerprint density at radius 2 is 2.14 bits per heavy atom. The lowest BCUT2D eigenvalue weighted by molar-refractivity contribution is -0.126. The Morgan fingerprint density at radius 1 is 1.36 bits per heavy atom. The first-order valence-electron chi connectivity index (χ1n) is 7.59. The highest BCUT2D eigenvalue weighted by molar-refractivity contribution is 6.01. The highest BCUT2D eigenvalue weighted by atomic mass is 16.5. The first kappa shape index (κ1) is 16.3. The van der Waals surface area contributed by atoms with E-state index >= 15 is 0 Å². The van der Waals surface area contributed by atoms with E-state index in [9.17, 15) is 9.59 Å². The molecule has 0 radical (unpaired) electrons. The predicted octanol–water partition coefficient (Wildman–Crippen LogP) is 0.774. The highest BCUT2D eigenvalue weighted by Crippen LogP contribution is 2.32. The van der Waals surface area contributed by atoms with Crippen LogP contribution in [0.5, 0.6) is 5.75 Å². The number of nitrogens with zero attached hydrogens (tertiary/aromatic N) is 1. The van der Waals surface area contributed by atoms with E-state index in [-0.39, 0.29) is 24.2 Å². The van der Waals surface area contributed by atoms with Crippen molar-refractivity contribution >= 4 is 17.5 Å². The molecule has 6 nitrogen and oxygen atoms in total. The molecule has 0 aromatic heterocycles. The van der Waals surface area contributed by atoms with Crippen molar-refractivity contribution in [3.63, 3.8) is 0 Å². The normalized spacial score (nSPS) is 17.6. The Bertz CT molecular complexity index is 533. The predicted molar refractivity (Wildman–Crippen MR) is 85.0 cm³/mol. The summed E-state index contributed by atoms with van der Waals surface area (Å²) < 4.78 is 5.29. The average molecular weight is 305 g/mol. The fourth-order valence-electron chi connectivity index (χ4n) is 2.56. The van der Waals surface area contributed by atoms with Crippen LogP contribution in [0.25, 0.3) is 0 Å². The molecule has 1 aliphatic rings. The lowest BCUT2D eigenvalue weighted by Gasteiger charge is -2.19. The molecule has 1 unspecified atom stereocenters. The molecule has 1 aromatic carbocycles. The Hall–Kier alpha value is -2.08. The van der Waals surface area contributed by atoms with Gasteiger partial charge in [-0.3, -0.25) is 9.59 Å². The molecule has 6 heteroatoms. The van der Waals surface area contributed by atoms with Crippen molar-refractivity contribution < 1.29 is 14.3 Å². The number of para-hydroxylation sites is 2. The third-order valence-corrected chi connectivity index (χ3v) is 3.72. The molecule has 1 aliphatic heterocycles. The van der Waals surface area contributed by atoms with E-state index < -0.39 is 0 Å². The number of likely N-dealkylation sites (N-methyl/N-ethyl adjacent to an activating group) is 1. The van der Waals surface area contributed by atoms with Crippen molar-refractivity contribution in [2.24, 2.45) is 5.92 Å². The zero-order valence-corrected chi connectivity index (χ0v) is 13.1. The molecule has 0 bridgehead atoms. The van der Waals surface area contributed by atoms with Gasteiger partial charge in [0, 0.05) is 26.1 Å². The Labute approximate surface area is 130 Å². The van der Waals surface area contributed by atoms with Crippen molar-refractivity contribution in [1.29, 1.82) is 0 Å². The molecule has 2 amide bonds. The summed E-state index contributed by atoms with van der Waals surface area (Å²) in [5, 5.41) is 6.01. The first-order valence-corrected chi connectivity index (χ1v) is 7.59. The highest BCUT2D eigenvalue weighted by Gasteiger charge is 2.35. The molecule has 1 aromatic rings. The molecule has 2 rings (SSSR count). The topological polar surface area (TPSA) is 70.7 Å². The fraction of sp³-hybridized carbons (Fsp3) is 0.500. The Morgan fingerprint density at radius 3 is 2.86 bits per heavy atom. The number of benzene rings is 1. The molecule has 1 heterocycles. The molecule has 120 valence electrons. The Balaban J connectivity index is 1.97. The van der Waals surface area contributed by atoms with Gasteiger partial charge in [-0.2, -0.15) is 0 Å². The van der Waals surface area contributed by atoms with Crippen LogP contribution < -0.4 is 20.3 Å². The molecule has 2 N–H and O–H groups in total. The molecule has 1 atom stereocenters. The van der Waals surface area contributed by atoms with Gasteiger partial charge in [0.1, 0.15) is 5.75 Å². The van der Waals surface area contributed by atoms with Gasteiger partial charge in [0.25, 0.3) is 0 Å². The van der Waals surface area contributed by atoms with Gasteiger partial charge in [-0.25, -0.2) is 0 Å². The summed E-state index contributed by atoms with van der Waals surface area (Å²) in [4.78, 5) is 26.0. The zero-order chi connectivity index (χ0) is 15.9. The lowest BCUT2D eigenvalue weighted by atomic mass is 10.1. The molecule has 1 saturated heterocycles. The summed E-state index contributed by atoms with van der Waals surface area (Å²) >= 11 is 0. The van der Waals surface area contributed by atoms with Crippen LogP contribution in [0.1, 0.15) is 13.3 Å². The second kappa shape index (κ2) is 7.79. The second-order valence-electron chi connectivity index (χ2n) is 5.22. The molecule has 22 heavy (non-hydrogen) atoms. The van der Waals surface area contributed by atoms with Gasteiger partial charge >= 0.3 is 0 Å². The van der Waals surface area contributed by atoms with E-state index in [2.05, 4.69) is 10.6 Å². The first-order chi connectivity index (χ1) is 10.7. The standard InChI is InChI=1S/C16H23N3O3/c1-3-17-8-9-18-16(21)12-10-15(20)19(11-12)13-6-4-5-7-14(13)22-2/h4-7,12,17H,3,8-11H2,1-2H3,(H,18,21). The minimum atomic E-state index is -0.306. The number of nitrogens with one attached hydrogen (secondary N) is 2. The van der Waals surface area contributed by atoms with Crippen LogP contribution in [0.15, 0.2) is 24.3 Å². The maximum atomic E-state index is 12.2. The third-order valence-electron chi connectivity index (χ3n) is 3.72. The molecular formula is C16H23N3O3. The van der Waals surface area contributed by atoms with E-state index in [4.69, 9.17) is 4.74 Å². The summed E-state index contributed by atoms with van der Waals surface area (Å²) in [5.41, 5.74) is 0.720. The van der Waals surface area contributed by atoms with Crippen LogP contribution in [-0.4, -0.2) is 45.1 Å². The van der Waals surface area contributed by atoms with Gasteiger partial charge in [0.05, 0.1) is 18.7 Å². The van der Waals surface area contributed by atoms with Gasteiger partial charge in [0.15, 0.2) is 0 Å². The number of methoxy groups -OCH3 is 1. The number of ether oxygens (including phenoxy) is 1. The van der Waals surface area contributed by atoms with Gasteiger partial charge < -0.3 is 20.3 Å². The summed E-state index contributed by atoms with van der Waals surface area (Å²) in [5.74, 6) is 0.225. The Kier molecular flexibility index (Phi) is 5.77. The fourth-order valence-corrected chi connectivity index (χ4v) is 2.56. The minimum absolute atomic E-state index is 0.0451. The van der Waals surface area contributed by atoms with Crippen molar-refractivity contribution in [3.05, 3.63) is 24.3 Å². The van der Waals surface area contributed by atoms with E-state index in [0.717, 1.165) is 18.8 Å². The maximum Gasteiger partial charge on any atom is 0.227 e. The average Bonchev–Trinajstić information content (AvgIpc) is 2.93. The van der Waals surface area contributed by atoms with Crippen LogP contribution in [0.4, 0.5) is 5.69 Å². The quantitative estimate of drug-likeness (QED) is 0.730. The van der Waals surface area contributed by atoms with Crippen molar-refractivity contribution in [3.8, 4) is 5.75 Å². The van der Waals surface area contributed by atoms with Gasteiger partial charge in [0.2, 0.25) is 11.8 Å². The number of carbonyl (C=O) groups excluding carboxylic acids is 2. The van der Waals surface area contributed by atoms with Gasteiger partial charge in [-0.15, -0.1) is 0 Å².